The Morgan fingerprint density at radius 1 is 0.952 bits per heavy atom. The van der Waals surface area contributed by atoms with Crippen molar-refractivity contribution in [1.82, 2.24) is 0 Å². The van der Waals surface area contributed by atoms with Crippen LogP contribution in [0.15, 0.2) is 63.9 Å². The van der Waals surface area contributed by atoms with Crippen molar-refractivity contribution in [2.75, 3.05) is 6.26 Å². The molecule has 0 aliphatic heterocycles. The highest BCUT2D eigenvalue weighted by atomic mass is 32.2. The van der Waals surface area contributed by atoms with Crippen molar-refractivity contribution in [3.63, 3.8) is 0 Å². The minimum atomic E-state index is -2.92. The van der Waals surface area contributed by atoms with Crippen LogP contribution in [-0.4, -0.2) is 22.2 Å². The van der Waals surface area contributed by atoms with Crippen LogP contribution in [0.1, 0.15) is 15.9 Å². The van der Waals surface area contributed by atoms with Gasteiger partial charge in [-0.05, 0) is 19.1 Å². The summed E-state index contributed by atoms with van der Waals surface area (Å²) in [4.78, 5) is 24.3. The second-order valence-electron chi connectivity index (χ2n) is 4.71. The minimum Gasteiger partial charge on any atom is -0.283 e. The maximum Gasteiger partial charge on any atom is 0.326 e. The van der Waals surface area contributed by atoms with Gasteiger partial charge in [0.15, 0.2) is 0 Å². The lowest BCUT2D eigenvalue weighted by Crippen LogP contribution is -2.14. The quantitative estimate of drug-likeness (QED) is 0.647. The van der Waals surface area contributed by atoms with Gasteiger partial charge in [0, 0.05) is 16.7 Å². The molecule has 2 rings (SSSR count). The molecule has 0 aliphatic rings. The van der Waals surface area contributed by atoms with Gasteiger partial charge in [-0.15, -0.1) is 0 Å². The van der Waals surface area contributed by atoms with Gasteiger partial charge in [0.1, 0.15) is 0 Å². The molecule has 1 atom stereocenters. The Hall–Kier alpha value is -2.27. The van der Waals surface area contributed by atoms with E-state index in [1.807, 2.05) is 6.92 Å². The molecule has 0 radical (unpaired) electrons. The second-order valence-corrected chi connectivity index (χ2v) is 6.97. The summed E-state index contributed by atoms with van der Waals surface area (Å²) in [5.41, 5.74) is 1.23. The van der Waals surface area contributed by atoms with Gasteiger partial charge in [0.25, 0.3) is 5.78 Å². The van der Waals surface area contributed by atoms with E-state index in [1.54, 1.807) is 54.6 Å². The number of hydrogen-bond donors (Lipinski definition) is 0. The van der Waals surface area contributed by atoms with E-state index >= 15 is 0 Å². The van der Waals surface area contributed by atoms with Crippen LogP contribution in [0.2, 0.25) is 0 Å². The fraction of sp³-hybridized carbons (Fsp3) is 0.125. The molecular formula is C16H15NO3S. The molecule has 0 N–H and O–H groups in total. The first-order chi connectivity index (χ1) is 9.90. The van der Waals surface area contributed by atoms with Gasteiger partial charge in [-0.2, -0.15) is 4.36 Å². The largest absolute Gasteiger partial charge is 0.326 e. The summed E-state index contributed by atoms with van der Waals surface area (Å²) in [6.07, 6.45) is 1.35. The van der Waals surface area contributed by atoms with Crippen molar-refractivity contribution in [3.8, 4) is 0 Å². The lowest BCUT2D eigenvalue weighted by atomic mass is 10.1. The molecule has 2 aromatic carbocycles. The summed E-state index contributed by atoms with van der Waals surface area (Å²) in [5.74, 6) is -1.74. The van der Waals surface area contributed by atoms with E-state index in [0.29, 0.717) is 4.90 Å². The van der Waals surface area contributed by atoms with Crippen molar-refractivity contribution in [1.29, 1.82) is 0 Å². The topological polar surface area (TPSA) is 63.6 Å². The zero-order valence-electron chi connectivity index (χ0n) is 11.8. The molecule has 5 heteroatoms. The maximum atomic E-state index is 12.4. The van der Waals surface area contributed by atoms with Gasteiger partial charge in [0.2, 0.25) is 0 Å². The van der Waals surface area contributed by atoms with Crippen LogP contribution in [0.3, 0.4) is 0 Å². The Morgan fingerprint density at radius 3 is 2.10 bits per heavy atom. The van der Waals surface area contributed by atoms with Gasteiger partial charge < -0.3 is 0 Å². The molecule has 0 saturated carbocycles. The summed E-state index contributed by atoms with van der Waals surface area (Å²) in [6, 6.07) is 15.0. The van der Waals surface area contributed by atoms with Crippen LogP contribution >= 0.6 is 0 Å². The second kappa shape index (κ2) is 6.01. The first-order valence-corrected chi connectivity index (χ1v) is 8.25. The smallest absolute Gasteiger partial charge is 0.283 e. The lowest BCUT2D eigenvalue weighted by Gasteiger charge is -2.03. The third kappa shape index (κ3) is 3.64. The monoisotopic (exact) mass is 301 g/mol. The Bertz CT molecular complexity index is 786. The highest BCUT2D eigenvalue weighted by molar-refractivity contribution is 7.93. The van der Waals surface area contributed by atoms with Gasteiger partial charge in [-0.3, -0.25) is 9.59 Å². The summed E-state index contributed by atoms with van der Waals surface area (Å²) < 4.78 is 16.1. The van der Waals surface area contributed by atoms with Crippen LogP contribution in [0.25, 0.3) is 0 Å². The average molecular weight is 301 g/mol. The molecule has 0 saturated heterocycles. The molecule has 21 heavy (non-hydrogen) atoms. The number of nitrogens with zero attached hydrogens (tertiary/aromatic N) is 1. The van der Waals surface area contributed by atoms with E-state index in [2.05, 4.69) is 4.36 Å². The Labute approximate surface area is 124 Å². The van der Waals surface area contributed by atoms with Crippen LogP contribution in [-0.2, 0) is 14.5 Å². The highest BCUT2D eigenvalue weighted by Crippen LogP contribution is 2.12. The zero-order chi connectivity index (χ0) is 15.5. The molecule has 0 spiro atoms. The molecule has 0 heterocycles. The third-order valence-corrected chi connectivity index (χ3v) is 4.61. The van der Waals surface area contributed by atoms with E-state index in [9.17, 15) is 13.8 Å². The fourth-order valence-corrected chi connectivity index (χ4v) is 2.92. The molecule has 0 aromatic heterocycles. The molecule has 1 amide bonds. The van der Waals surface area contributed by atoms with E-state index in [4.69, 9.17) is 0 Å². The van der Waals surface area contributed by atoms with E-state index in [0.717, 1.165) is 5.56 Å². The first kappa shape index (κ1) is 15.1. The fourth-order valence-electron chi connectivity index (χ4n) is 1.75. The first-order valence-electron chi connectivity index (χ1n) is 6.33. The predicted molar refractivity (Wildman–Crippen MR) is 81.7 cm³/mol. The SMILES string of the molecule is Cc1ccc(C(=O)C(=O)N=S(C)(=O)c2ccccc2)cc1. The summed E-state index contributed by atoms with van der Waals surface area (Å²) in [6.45, 7) is 1.88. The molecule has 4 nitrogen and oxygen atoms in total. The average Bonchev–Trinajstić information content (AvgIpc) is 2.48. The zero-order valence-corrected chi connectivity index (χ0v) is 12.6. The summed E-state index contributed by atoms with van der Waals surface area (Å²) in [7, 11) is -2.92. The van der Waals surface area contributed by atoms with Gasteiger partial charge in [0.05, 0.1) is 9.73 Å². The van der Waals surface area contributed by atoms with Crippen molar-refractivity contribution in [3.05, 3.63) is 65.7 Å². The highest BCUT2D eigenvalue weighted by Gasteiger charge is 2.18. The Balaban J connectivity index is 2.32. The molecule has 1 unspecified atom stereocenters. The predicted octanol–water partition coefficient (Wildman–Crippen LogP) is 2.86. The van der Waals surface area contributed by atoms with Crippen molar-refractivity contribution in [2.24, 2.45) is 4.36 Å². The van der Waals surface area contributed by atoms with Gasteiger partial charge in [-0.25, -0.2) is 4.21 Å². The normalized spacial score (nSPS) is 13.2. The van der Waals surface area contributed by atoms with Crippen LogP contribution < -0.4 is 0 Å². The molecular weight excluding hydrogens is 286 g/mol. The van der Waals surface area contributed by atoms with Crippen molar-refractivity contribution < 1.29 is 13.8 Å². The molecule has 0 bridgehead atoms. The van der Waals surface area contributed by atoms with Crippen LogP contribution in [0.4, 0.5) is 0 Å². The molecule has 2 aromatic rings. The van der Waals surface area contributed by atoms with Crippen molar-refractivity contribution >= 4 is 21.4 Å². The number of amides is 1. The number of carbonyl (C=O) groups is 2. The van der Waals surface area contributed by atoms with Crippen LogP contribution in [0, 0.1) is 6.92 Å². The van der Waals surface area contributed by atoms with Gasteiger partial charge >= 0.3 is 5.91 Å². The standard InChI is InChI=1S/C16H15NO3S/c1-12-8-10-13(11-9-12)15(18)16(19)17-21(2,20)14-6-4-3-5-7-14/h3-11H,1-2H3. The Kier molecular flexibility index (Phi) is 4.33. The third-order valence-electron chi connectivity index (χ3n) is 2.95. The van der Waals surface area contributed by atoms with Crippen LogP contribution in [0.5, 0.6) is 0 Å². The number of rotatable bonds is 3. The number of Topliss-reactive ketones (excluding diaryl/α,β-unsaturated/α-hetero) is 1. The molecule has 108 valence electrons. The van der Waals surface area contributed by atoms with E-state index in [1.165, 1.54) is 6.26 Å². The Morgan fingerprint density at radius 2 is 1.52 bits per heavy atom. The number of hydrogen-bond acceptors (Lipinski definition) is 3. The minimum absolute atomic E-state index is 0.248. The molecule has 0 fully saturated rings. The van der Waals surface area contributed by atoms with Crippen molar-refractivity contribution in [2.45, 2.75) is 11.8 Å². The lowest BCUT2D eigenvalue weighted by molar-refractivity contribution is -0.113. The molecule has 0 aliphatic carbocycles. The maximum absolute atomic E-state index is 12.4. The number of carbonyl (C=O) groups excluding carboxylic acids is 2. The summed E-state index contributed by atoms with van der Waals surface area (Å²) >= 11 is 0. The van der Waals surface area contributed by atoms with Gasteiger partial charge in [-0.1, -0.05) is 48.0 Å². The number of aryl methyl sites for hydroxylation is 1. The van der Waals surface area contributed by atoms with E-state index in [-0.39, 0.29) is 5.56 Å². The van der Waals surface area contributed by atoms with E-state index < -0.39 is 21.4 Å². The number of ketones is 1. The number of benzene rings is 2. The summed E-state index contributed by atoms with van der Waals surface area (Å²) in [5, 5.41) is 0.